The Kier molecular flexibility index (Phi) is 7.45. The first-order chi connectivity index (χ1) is 16.8. The lowest BCUT2D eigenvalue weighted by Crippen LogP contribution is -2.41. The summed E-state index contributed by atoms with van der Waals surface area (Å²) in [5.74, 6) is -0.477. The highest BCUT2D eigenvalue weighted by atomic mass is 19.4. The first-order valence-electron chi connectivity index (χ1n) is 11.7. The molecule has 0 radical (unpaired) electrons. The molecule has 1 aliphatic heterocycles. The molecule has 2 unspecified atom stereocenters. The van der Waals surface area contributed by atoms with Gasteiger partial charge in [0.1, 0.15) is 5.75 Å². The monoisotopic (exact) mass is 482 g/mol. The zero-order valence-electron chi connectivity index (χ0n) is 19.8. The number of ether oxygens (including phenoxy) is 1. The third kappa shape index (κ3) is 5.35. The van der Waals surface area contributed by atoms with E-state index in [9.17, 15) is 18.0 Å². The maximum atomic E-state index is 14.1. The fourth-order valence-corrected chi connectivity index (χ4v) is 4.91. The molecule has 4 rings (SSSR count). The van der Waals surface area contributed by atoms with Gasteiger partial charge in [0.2, 0.25) is 5.91 Å². The summed E-state index contributed by atoms with van der Waals surface area (Å²) in [5, 5.41) is 3.02. The van der Waals surface area contributed by atoms with Crippen LogP contribution in [0.4, 0.5) is 18.9 Å². The average molecular weight is 483 g/mol. The van der Waals surface area contributed by atoms with E-state index in [2.05, 4.69) is 5.32 Å². The van der Waals surface area contributed by atoms with E-state index in [1.54, 1.807) is 32.4 Å². The second-order valence-corrected chi connectivity index (χ2v) is 8.77. The summed E-state index contributed by atoms with van der Waals surface area (Å²) in [6.07, 6.45) is -3.98. The van der Waals surface area contributed by atoms with Gasteiger partial charge in [-0.2, -0.15) is 13.2 Å². The Morgan fingerprint density at radius 3 is 2.34 bits per heavy atom. The van der Waals surface area contributed by atoms with Crippen LogP contribution in [-0.2, 0) is 23.8 Å². The number of amides is 1. The smallest absolute Gasteiger partial charge is 0.416 e. The molecule has 4 nitrogen and oxygen atoms in total. The van der Waals surface area contributed by atoms with Crippen LogP contribution in [0.25, 0.3) is 0 Å². The number of nitrogens with zero attached hydrogens (tertiary/aromatic N) is 1. The lowest BCUT2D eigenvalue weighted by molar-refractivity contribution is -0.138. The zero-order chi connectivity index (χ0) is 25.0. The van der Waals surface area contributed by atoms with Gasteiger partial charge < -0.3 is 15.0 Å². The van der Waals surface area contributed by atoms with Crippen molar-refractivity contribution < 1.29 is 22.7 Å². The van der Waals surface area contributed by atoms with Crippen molar-refractivity contribution in [2.75, 3.05) is 32.1 Å². The van der Waals surface area contributed by atoms with Crippen molar-refractivity contribution in [2.24, 2.45) is 5.92 Å². The van der Waals surface area contributed by atoms with Crippen molar-refractivity contribution in [1.82, 2.24) is 5.32 Å². The maximum Gasteiger partial charge on any atom is 0.416 e. The molecule has 0 saturated heterocycles. The molecule has 1 amide bonds. The lowest BCUT2D eigenvalue weighted by Gasteiger charge is -2.29. The summed E-state index contributed by atoms with van der Waals surface area (Å²) in [7, 11) is 3.32. The van der Waals surface area contributed by atoms with Gasteiger partial charge in [0, 0.05) is 24.7 Å². The van der Waals surface area contributed by atoms with E-state index in [0.717, 1.165) is 17.2 Å². The first-order valence-corrected chi connectivity index (χ1v) is 11.7. The van der Waals surface area contributed by atoms with Crippen molar-refractivity contribution in [3.05, 3.63) is 95.1 Å². The quantitative estimate of drug-likeness (QED) is 0.486. The molecule has 0 aromatic heterocycles. The van der Waals surface area contributed by atoms with E-state index in [0.29, 0.717) is 24.4 Å². The van der Waals surface area contributed by atoms with Gasteiger partial charge in [-0.15, -0.1) is 0 Å². The highest BCUT2D eigenvalue weighted by molar-refractivity contribution is 5.97. The predicted molar refractivity (Wildman–Crippen MR) is 131 cm³/mol. The minimum Gasteiger partial charge on any atom is -0.497 e. The second kappa shape index (κ2) is 10.5. The molecule has 7 heteroatoms. The van der Waals surface area contributed by atoms with Gasteiger partial charge in [0.05, 0.1) is 12.7 Å². The predicted octanol–water partition coefficient (Wildman–Crippen LogP) is 5.47. The molecule has 0 saturated carbocycles. The van der Waals surface area contributed by atoms with Crippen LogP contribution in [0.2, 0.25) is 0 Å². The number of benzene rings is 3. The fourth-order valence-electron chi connectivity index (χ4n) is 4.91. The first kappa shape index (κ1) is 24.8. The van der Waals surface area contributed by atoms with Gasteiger partial charge in [-0.1, -0.05) is 48.5 Å². The molecule has 1 N–H and O–H groups in total. The number of likely N-dealkylation sites (N-methyl/N-ethyl adjacent to an activating group) is 1. The van der Waals surface area contributed by atoms with Gasteiger partial charge in [0.25, 0.3) is 0 Å². The summed E-state index contributed by atoms with van der Waals surface area (Å²) in [6, 6.07) is 21.1. The largest absolute Gasteiger partial charge is 0.497 e. The van der Waals surface area contributed by atoms with Crippen molar-refractivity contribution in [3.63, 3.8) is 0 Å². The van der Waals surface area contributed by atoms with Crippen molar-refractivity contribution in [2.45, 2.75) is 24.9 Å². The Bertz CT molecular complexity index is 1150. The normalized spacial score (nSPS) is 18.2. The average Bonchev–Trinajstić information content (AvgIpc) is 2.97. The molecule has 1 aliphatic rings. The molecule has 0 spiro atoms. The number of alkyl halides is 3. The number of carbonyl (C=O) groups is 1. The van der Waals surface area contributed by atoms with Crippen LogP contribution in [-0.4, -0.2) is 33.2 Å². The molecule has 3 aromatic carbocycles. The number of halogens is 3. The Labute approximate surface area is 203 Å². The van der Waals surface area contributed by atoms with Crippen LogP contribution in [0.5, 0.6) is 5.75 Å². The van der Waals surface area contributed by atoms with Crippen LogP contribution in [0.1, 0.15) is 28.2 Å². The third-order valence-corrected chi connectivity index (χ3v) is 6.67. The van der Waals surface area contributed by atoms with Gasteiger partial charge >= 0.3 is 6.18 Å². The Morgan fingerprint density at radius 1 is 1.00 bits per heavy atom. The summed E-state index contributed by atoms with van der Waals surface area (Å²) in [6.45, 7) is 0.747. The maximum absolute atomic E-state index is 14.1. The molecule has 35 heavy (non-hydrogen) atoms. The number of rotatable bonds is 7. The van der Waals surface area contributed by atoms with E-state index in [1.807, 2.05) is 42.5 Å². The number of hydrogen-bond donors (Lipinski definition) is 1. The molecule has 1 heterocycles. The van der Waals surface area contributed by atoms with E-state index in [1.165, 1.54) is 11.0 Å². The molecule has 0 bridgehead atoms. The van der Waals surface area contributed by atoms with Crippen molar-refractivity contribution in [1.29, 1.82) is 0 Å². The van der Waals surface area contributed by atoms with Crippen LogP contribution in [0.3, 0.4) is 0 Å². The molecule has 0 fully saturated rings. The molecule has 184 valence electrons. The minimum absolute atomic E-state index is 0.108. The molecular weight excluding hydrogens is 453 g/mol. The number of carbonyl (C=O) groups excluding carboxylic acids is 1. The van der Waals surface area contributed by atoms with Crippen molar-refractivity contribution >= 4 is 11.6 Å². The highest BCUT2D eigenvalue weighted by Crippen LogP contribution is 2.44. The van der Waals surface area contributed by atoms with E-state index in [4.69, 9.17) is 4.74 Å². The summed E-state index contributed by atoms with van der Waals surface area (Å²) >= 11 is 0. The van der Waals surface area contributed by atoms with Gasteiger partial charge in [-0.3, -0.25) is 4.79 Å². The highest BCUT2D eigenvalue weighted by Gasteiger charge is 2.42. The molecule has 2 atom stereocenters. The van der Waals surface area contributed by atoms with Crippen LogP contribution >= 0.6 is 0 Å². The number of methoxy groups -OCH3 is 1. The summed E-state index contributed by atoms with van der Waals surface area (Å²) in [4.78, 5) is 15.6. The van der Waals surface area contributed by atoms with Gasteiger partial charge in [0.15, 0.2) is 0 Å². The Morgan fingerprint density at radius 2 is 1.71 bits per heavy atom. The number of fused-ring (bicyclic) bond motifs is 1. The van der Waals surface area contributed by atoms with E-state index in [-0.39, 0.29) is 24.4 Å². The Hall–Kier alpha value is -3.32. The number of nitrogens with one attached hydrogen (secondary N) is 1. The number of hydrogen-bond acceptors (Lipinski definition) is 3. The SMILES string of the molecule is CNCCN1C(=O)C(Cc2ccccc2)C(c2ccc(OC)cc2)Cc2c1cccc2C(F)(F)F. The summed E-state index contributed by atoms with van der Waals surface area (Å²) < 4.78 is 47.6. The Balaban J connectivity index is 1.89. The van der Waals surface area contributed by atoms with Crippen molar-refractivity contribution in [3.8, 4) is 5.75 Å². The van der Waals surface area contributed by atoms with Gasteiger partial charge in [-0.05, 0) is 66.8 Å². The second-order valence-electron chi connectivity index (χ2n) is 8.77. The molecular formula is C28H29F3N2O2. The minimum atomic E-state index is -4.52. The van der Waals surface area contributed by atoms with Crippen LogP contribution in [0.15, 0.2) is 72.8 Å². The molecule has 0 aliphatic carbocycles. The lowest BCUT2D eigenvalue weighted by atomic mass is 9.78. The molecule has 3 aromatic rings. The summed E-state index contributed by atoms with van der Waals surface area (Å²) in [5.41, 5.74) is 1.62. The van der Waals surface area contributed by atoms with Crippen LogP contribution in [0, 0.1) is 5.92 Å². The van der Waals surface area contributed by atoms with Crippen LogP contribution < -0.4 is 15.0 Å². The fraction of sp³-hybridized carbons (Fsp3) is 0.321. The standard InChI is InChI=1S/C28H29F3N2O2/c1-32-15-16-33-26-10-6-9-25(28(29,30)31)24(26)18-22(20-11-13-21(35-2)14-12-20)23(27(33)34)17-19-7-4-3-5-8-19/h3-14,22-23,32H,15-18H2,1-2H3. The number of anilines is 1. The topological polar surface area (TPSA) is 41.6 Å². The zero-order valence-corrected chi connectivity index (χ0v) is 19.8. The van der Waals surface area contributed by atoms with E-state index < -0.39 is 23.6 Å². The van der Waals surface area contributed by atoms with Gasteiger partial charge in [-0.25, -0.2) is 0 Å². The van der Waals surface area contributed by atoms with E-state index >= 15 is 0 Å². The third-order valence-electron chi connectivity index (χ3n) is 6.67.